The van der Waals surface area contributed by atoms with E-state index in [0.717, 1.165) is 45.2 Å². The first-order valence-corrected chi connectivity index (χ1v) is 7.66. The van der Waals surface area contributed by atoms with Crippen molar-refractivity contribution in [3.8, 4) is 5.75 Å². The first-order valence-electron chi connectivity index (χ1n) is 7.66. The zero-order valence-corrected chi connectivity index (χ0v) is 12.9. The van der Waals surface area contributed by atoms with Gasteiger partial charge in [-0.1, -0.05) is 23.8 Å². The molecule has 1 fully saturated rings. The van der Waals surface area contributed by atoms with Gasteiger partial charge in [-0.3, -0.25) is 4.90 Å². The van der Waals surface area contributed by atoms with Crippen LogP contribution >= 0.6 is 0 Å². The molecule has 0 aromatic heterocycles. The van der Waals surface area contributed by atoms with Crippen LogP contribution in [0, 0.1) is 13.8 Å². The van der Waals surface area contributed by atoms with Crippen molar-refractivity contribution >= 4 is 10.8 Å². The number of aryl methyl sites for hydroxylation is 2. The van der Waals surface area contributed by atoms with E-state index < -0.39 is 0 Å². The molecule has 0 atom stereocenters. The summed E-state index contributed by atoms with van der Waals surface area (Å²) >= 11 is 0. The molecule has 0 N–H and O–H groups in total. The largest absolute Gasteiger partial charge is 0.492 e. The fourth-order valence-electron chi connectivity index (χ4n) is 2.78. The number of ether oxygens (including phenoxy) is 2. The molecule has 0 radical (unpaired) electrons. The first kappa shape index (κ1) is 14.4. The van der Waals surface area contributed by atoms with E-state index >= 15 is 0 Å². The Hall–Kier alpha value is -1.58. The van der Waals surface area contributed by atoms with Crippen LogP contribution in [0.15, 0.2) is 30.3 Å². The molecule has 0 aliphatic carbocycles. The van der Waals surface area contributed by atoms with E-state index in [1.54, 1.807) is 0 Å². The van der Waals surface area contributed by atoms with Crippen molar-refractivity contribution in [3.63, 3.8) is 0 Å². The lowest BCUT2D eigenvalue weighted by molar-refractivity contribution is 0.0322. The predicted octanol–water partition coefficient (Wildman–Crippen LogP) is 3.17. The van der Waals surface area contributed by atoms with Gasteiger partial charge >= 0.3 is 0 Å². The second-order valence-electron chi connectivity index (χ2n) is 5.77. The number of nitrogens with zero attached hydrogens (tertiary/aromatic N) is 1. The Labute approximate surface area is 126 Å². The van der Waals surface area contributed by atoms with Crippen LogP contribution in [0.5, 0.6) is 5.75 Å². The monoisotopic (exact) mass is 285 g/mol. The third-order valence-corrected chi connectivity index (χ3v) is 4.06. The SMILES string of the molecule is Cc1ccc2cc(OCCN3CCOCC3)c(C)cc2c1. The van der Waals surface area contributed by atoms with Crippen LogP contribution in [0.3, 0.4) is 0 Å². The van der Waals surface area contributed by atoms with Crippen molar-refractivity contribution in [1.29, 1.82) is 0 Å². The number of hydrogen-bond donors (Lipinski definition) is 0. The Bertz CT molecular complexity index is 618. The molecule has 3 rings (SSSR count). The summed E-state index contributed by atoms with van der Waals surface area (Å²) in [5, 5.41) is 2.53. The van der Waals surface area contributed by atoms with Crippen LogP contribution in [0.2, 0.25) is 0 Å². The lowest BCUT2D eigenvalue weighted by atomic mass is 10.0. The topological polar surface area (TPSA) is 21.7 Å². The summed E-state index contributed by atoms with van der Waals surface area (Å²) in [5.41, 5.74) is 2.50. The Morgan fingerprint density at radius 1 is 1.05 bits per heavy atom. The van der Waals surface area contributed by atoms with Crippen molar-refractivity contribution in [2.75, 3.05) is 39.5 Å². The highest BCUT2D eigenvalue weighted by atomic mass is 16.5. The highest BCUT2D eigenvalue weighted by Gasteiger charge is 2.10. The summed E-state index contributed by atoms with van der Waals surface area (Å²) in [5.74, 6) is 1.000. The van der Waals surface area contributed by atoms with E-state index in [1.807, 2.05) is 0 Å². The minimum atomic E-state index is 0.734. The van der Waals surface area contributed by atoms with Gasteiger partial charge in [0.25, 0.3) is 0 Å². The Balaban J connectivity index is 1.66. The third kappa shape index (κ3) is 3.55. The minimum absolute atomic E-state index is 0.734. The highest BCUT2D eigenvalue weighted by molar-refractivity contribution is 5.85. The van der Waals surface area contributed by atoms with Crippen LogP contribution in [0.4, 0.5) is 0 Å². The fourth-order valence-corrected chi connectivity index (χ4v) is 2.78. The van der Waals surface area contributed by atoms with Gasteiger partial charge < -0.3 is 9.47 Å². The maximum Gasteiger partial charge on any atom is 0.122 e. The fraction of sp³-hybridized carbons (Fsp3) is 0.444. The lowest BCUT2D eigenvalue weighted by Crippen LogP contribution is -2.38. The quantitative estimate of drug-likeness (QED) is 0.861. The van der Waals surface area contributed by atoms with Crippen molar-refractivity contribution in [1.82, 2.24) is 4.90 Å². The molecule has 1 aliphatic heterocycles. The van der Waals surface area contributed by atoms with Crippen LogP contribution < -0.4 is 4.74 Å². The number of morpholine rings is 1. The summed E-state index contributed by atoms with van der Waals surface area (Å²) in [4.78, 5) is 2.39. The first-order chi connectivity index (χ1) is 10.2. The second-order valence-corrected chi connectivity index (χ2v) is 5.77. The molecule has 2 aromatic rings. The van der Waals surface area contributed by atoms with Gasteiger partial charge in [0.15, 0.2) is 0 Å². The molecular formula is C18H23NO2. The average molecular weight is 285 g/mol. The molecule has 0 bridgehead atoms. The van der Waals surface area contributed by atoms with Gasteiger partial charge in [0.2, 0.25) is 0 Å². The van der Waals surface area contributed by atoms with Gasteiger partial charge in [-0.25, -0.2) is 0 Å². The second kappa shape index (κ2) is 6.46. The van der Waals surface area contributed by atoms with E-state index in [1.165, 1.54) is 21.9 Å². The van der Waals surface area contributed by atoms with Gasteiger partial charge in [-0.2, -0.15) is 0 Å². The third-order valence-electron chi connectivity index (χ3n) is 4.06. The Morgan fingerprint density at radius 2 is 1.86 bits per heavy atom. The smallest absolute Gasteiger partial charge is 0.122 e. The summed E-state index contributed by atoms with van der Waals surface area (Å²) in [7, 11) is 0. The number of fused-ring (bicyclic) bond motifs is 1. The van der Waals surface area contributed by atoms with Gasteiger partial charge in [0, 0.05) is 19.6 Å². The molecule has 0 spiro atoms. The van der Waals surface area contributed by atoms with E-state index in [4.69, 9.17) is 9.47 Å². The van der Waals surface area contributed by atoms with E-state index in [0.29, 0.717) is 0 Å². The van der Waals surface area contributed by atoms with Gasteiger partial charge in [0.05, 0.1) is 13.2 Å². The summed E-state index contributed by atoms with van der Waals surface area (Å²) in [6.07, 6.45) is 0. The standard InChI is InChI=1S/C18H23NO2/c1-14-3-4-16-13-18(15(2)12-17(16)11-14)21-10-7-19-5-8-20-9-6-19/h3-4,11-13H,5-10H2,1-2H3. The molecule has 0 unspecified atom stereocenters. The summed E-state index contributed by atoms with van der Waals surface area (Å²) < 4.78 is 11.4. The maximum absolute atomic E-state index is 6.00. The lowest BCUT2D eigenvalue weighted by Gasteiger charge is -2.26. The van der Waals surface area contributed by atoms with Crippen molar-refractivity contribution in [2.24, 2.45) is 0 Å². The van der Waals surface area contributed by atoms with E-state index in [9.17, 15) is 0 Å². The Kier molecular flexibility index (Phi) is 4.42. The van der Waals surface area contributed by atoms with Crippen LogP contribution in [0.25, 0.3) is 10.8 Å². The molecule has 0 amide bonds. The molecule has 2 aromatic carbocycles. The van der Waals surface area contributed by atoms with Crippen molar-refractivity contribution < 1.29 is 9.47 Å². The molecular weight excluding hydrogens is 262 g/mol. The molecule has 3 nitrogen and oxygen atoms in total. The molecule has 112 valence electrons. The van der Waals surface area contributed by atoms with Crippen LogP contribution in [-0.4, -0.2) is 44.4 Å². The molecule has 1 aliphatic rings. The highest BCUT2D eigenvalue weighted by Crippen LogP contribution is 2.26. The van der Waals surface area contributed by atoms with Crippen molar-refractivity contribution in [2.45, 2.75) is 13.8 Å². The maximum atomic E-state index is 6.00. The zero-order chi connectivity index (χ0) is 14.7. The number of benzene rings is 2. The summed E-state index contributed by atoms with van der Waals surface area (Å²) in [6, 6.07) is 10.9. The van der Waals surface area contributed by atoms with E-state index in [2.05, 4.69) is 49.1 Å². The van der Waals surface area contributed by atoms with Gasteiger partial charge in [-0.05, 0) is 42.3 Å². The predicted molar refractivity (Wildman–Crippen MR) is 86.2 cm³/mol. The van der Waals surface area contributed by atoms with Crippen molar-refractivity contribution in [3.05, 3.63) is 41.5 Å². The average Bonchev–Trinajstić information content (AvgIpc) is 2.49. The molecule has 21 heavy (non-hydrogen) atoms. The Morgan fingerprint density at radius 3 is 2.67 bits per heavy atom. The van der Waals surface area contributed by atoms with Gasteiger partial charge in [-0.15, -0.1) is 0 Å². The normalized spacial score (nSPS) is 16.3. The van der Waals surface area contributed by atoms with Crippen LogP contribution in [-0.2, 0) is 4.74 Å². The molecule has 1 heterocycles. The molecule has 3 heteroatoms. The van der Waals surface area contributed by atoms with Crippen LogP contribution in [0.1, 0.15) is 11.1 Å². The van der Waals surface area contributed by atoms with E-state index in [-0.39, 0.29) is 0 Å². The van der Waals surface area contributed by atoms with Gasteiger partial charge in [0.1, 0.15) is 12.4 Å². The number of rotatable bonds is 4. The number of hydrogen-bond acceptors (Lipinski definition) is 3. The zero-order valence-electron chi connectivity index (χ0n) is 12.9. The summed E-state index contributed by atoms with van der Waals surface area (Å²) in [6.45, 7) is 9.65. The molecule has 1 saturated heterocycles. The molecule has 0 saturated carbocycles. The minimum Gasteiger partial charge on any atom is -0.492 e.